The lowest BCUT2D eigenvalue weighted by Gasteiger charge is -2.14. The summed E-state index contributed by atoms with van der Waals surface area (Å²) in [5.41, 5.74) is 5.08. The summed E-state index contributed by atoms with van der Waals surface area (Å²) in [6, 6.07) is 10.2. The van der Waals surface area contributed by atoms with Crippen LogP contribution in [0.4, 0.5) is 5.95 Å². The Morgan fingerprint density at radius 1 is 1.04 bits per heavy atom. The van der Waals surface area contributed by atoms with E-state index in [9.17, 15) is 0 Å². The molecule has 5 heteroatoms. The first kappa shape index (κ1) is 16.1. The van der Waals surface area contributed by atoms with Crippen LogP contribution in [0.25, 0.3) is 11.3 Å². The van der Waals surface area contributed by atoms with Crippen molar-refractivity contribution in [3.63, 3.8) is 0 Å². The highest BCUT2D eigenvalue weighted by Gasteiger charge is 2.09. The van der Waals surface area contributed by atoms with Crippen LogP contribution in [0.2, 0.25) is 0 Å². The molecule has 0 aliphatic heterocycles. The van der Waals surface area contributed by atoms with Crippen LogP contribution >= 0.6 is 0 Å². The molecule has 3 aromatic rings. The minimum Gasteiger partial charge on any atom is -0.351 e. The number of pyridine rings is 2. The Balaban J connectivity index is 1.75. The van der Waals surface area contributed by atoms with Gasteiger partial charge in [0.2, 0.25) is 5.95 Å². The molecule has 0 aromatic carbocycles. The molecule has 0 aliphatic carbocycles. The molecule has 0 saturated heterocycles. The smallest absolute Gasteiger partial charge is 0.223 e. The average Bonchev–Trinajstić information content (AvgIpc) is 2.56. The third kappa shape index (κ3) is 3.93. The van der Waals surface area contributed by atoms with Gasteiger partial charge in [-0.3, -0.25) is 9.97 Å². The zero-order valence-electron chi connectivity index (χ0n) is 14.2. The maximum absolute atomic E-state index is 4.64. The second-order valence-corrected chi connectivity index (χ2v) is 5.96. The van der Waals surface area contributed by atoms with Crippen LogP contribution in [0.3, 0.4) is 0 Å². The first-order chi connectivity index (χ1) is 11.6. The van der Waals surface area contributed by atoms with Gasteiger partial charge in [-0.05, 0) is 57.0 Å². The number of aryl methyl sites for hydroxylation is 2. The van der Waals surface area contributed by atoms with Crippen molar-refractivity contribution in [3.05, 3.63) is 65.9 Å². The van der Waals surface area contributed by atoms with E-state index in [0.717, 1.165) is 29.1 Å². The number of nitrogens with one attached hydrogen (secondary N) is 1. The summed E-state index contributed by atoms with van der Waals surface area (Å²) < 4.78 is 0. The Bertz CT molecular complexity index is 817. The lowest BCUT2D eigenvalue weighted by atomic mass is 10.1. The molecule has 1 unspecified atom stereocenters. The Hall–Kier alpha value is -2.82. The number of anilines is 1. The van der Waals surface area contributed by atoms with Crippen molar-refractivity contribution in [3.8, 4) is 11.3 Å². The Labute approximate surface area is 142 Å². The van der Waals surface area contributed by atoms with Crippen molar-refractivity contribution in [1.29, 1.82) is 0 Å². The molecule has 3 heterocycles. The van der Waals surface area contributed by atoms with Gasteiger partial charge in [0.15, 0.2) is 0 Å². The molecular formula is C19H21N5. The standard InChI is InChI=1S/C19H21N5/c1-13-6-7-17(15(3)22-13)18-8-10-21-19(24-18)23-14(2)11-16-5-4-9-20-12-16/h4-10,12,14H,11H2,1-3H3,(H,21,23,24). The second kappa shape index (κ2) is 7.17. The van der Waals surface area contributed by atoms with Crippen LogP contribution in [-0.2, 0) is 6.42 Å². The van der Waals surface area contributed by atoms with E-state index in [1.807, 2.05) is 38.2 Å². The van der Waals surface area contributed by atoms with Crippen molar-refractivity contribution in [2.24, 2.45) is 0 Å². The molecular weight excluding hydrogens is 298 g/mol. The molecule has 3 aromatic heterocycles. The van der Waals surface area contributed by atoms with Gasteiger partial charge in [0.1, 0.15) is 0 Å². The topological polar surface area (TPSA) is 63.6 Å². The highest BCUT2D eigenvalue weighted by Crippen LogP contribution is 2.21. The Morgan fingerprint density at radius 3 is 2.67 bits per heavy atom. The fourth-order valence-corrected chi connectivity index (χ4v) is 2.68. The predicted octanol–water partition coefficient (Wildman–Crippen LogP) is 3.59. The van der Waals surface area contributed by atoms with Gasteiger partial charge in [-0.15, -0.1) is 0 Å². The average molecular weight is 319 g/mol. The minimum atomic E-state index is 0.210. The second-order valence-electron chi connectivity index (χ2n) is 5.96. The number of rotatable bonds is 5. The molecule has 5 nitrogen and oxygen atoms in total. The molecule has 0 amide bonds. The van der Waals surface area contributed by atoms with E-state index in [-0.39, 0.29) is 6.04 Å². The van der Waals surface area contributed by atoms with E-state index in [1.165, 1.54) is 5.56 Å². The van der Waals surface area contributed by atoms with Gasteiger partial charge in [0.25, 0.3) is 0 Å². The summed E-state index contributed by atoms with van der Waals surface area (Å²) in [4.78, 5) is 17.6. The summed E-state index contributed by atoms with van der Waals surface area (Å²) in [5.74, 6) is 0.629. The molecule has 0 bridgehead atoms. The molecule has 1 atom stereocenters. The van der Waals surface area contributed by atoms with E-state index < -0.39 is 0 Å². The molecule has 0 saturated carbocycles. The Kier molecular flexibility index (Phi) is 4.79. The van der Waals surface area contributed by atoms with Gasteiger partial charge >= 0.3 is 0 Å². The molecule has 3 rings (SSSR count). The van der Waals surface area contributed by atoms with Gasteiger partial charge in [0.05, 0.1) is 5.69 Å². The highest BCUT2D eigenvalue weighted by molar-refractivity contribution is 5.62. The summed E-state index contributed by atoms with van der Waals surface area (Å²) in [5, 5.41) is 3.36. The maximum Gasteiger partial charge on any atom is 0.223 e. The third-order valence-corrected chi connectivity index (χ3v) is 3.80. The number of nitrogens with zero attached hydrogens (tertiary/aromatic N) is 4. The van der Waals surface area contributed by atoms with Crippen LogP contribution in [0.15, 0.2) is 48.9 Å². The first-order valence-electron chi connectivity index (χ1n) is 8.05. The number of aromatic nitrogens is 4. The fourth-order valence-electron chi connectivity index (χ4n) is 2.68. The molecule has 0 radical (unpaired) electrons. The van der Waals surface area contributed by atoms with Gasteiger partial charge in [-0.25, -0.2) is 9.97 Å². The minimum absolute atomic E-state index is 0.210. The third-order valence-electron chi connectivity index (χ3n) is 3.80. The quantitative estimate of drug-likeness (QED) is 0.778. The van der Waals surface area contributed by atoms with Gasteiger partial charge in [-0.1, -0.05) is 6.07 Å². The van der Waals surface area contributed by atoms with Gasteiger partial charge in [-0.2, -0.15) is 0 Å². The zero-order valence-corrected chi connectivity index (χ0v) is 14.2. The monoisotopic (exact) mass is 319 g/mol. The van der Waals surface area contributed by atoms with Crippen molar-refractivity contribution >= 4 is 5.95 Å². The lowest BCUT2D eigenvalue weighted by Crippen LogP contribution is -2.19. The van der Waals surface area contributed by atoms with E-state index in [1.54, 1.807) is 12.4 Å². The molecule has 122 valence electrons. The van der Waals surface area contributed by atoms with Crippen molar-refractivity contribution < 1.29 is 0 Å². The molecule has 0 spiro atoms. The van der Waals surface area contributed by atoms with Gasteiger partial charge < -0.3 is 5.32 Å². The van der Waals surface area contributed by atoms with E-state index >= 15 is 0 Å². The van der Waals surface area contributed by atoms with Crippen molar-refractivity contribution in [2.75, 3.05) is 5.32 Å². The molecule has 1 N–H and O–H groups in total. The van der Waals surface area contributed by atoms with Crippen LogP contribution in [-0.4, -0.2) is 26.0 Å². The first-order valence-corrected chi connectivity index (χ1v) is 8.05. The summed E-state index contributed by atoms with van der Waals surface area (Å²) >= 11 is 0. The number of hydrogen-bond donors (Lipinski definition) is 1. The van der Waals surface area contributed by atoms with E-state index in [4.69, 9.17) is 0 Å². The van der Waals surface area contributed by atoms with Crippen molar-refractivity contribution in [1.82, 2.24) is 19.9 Å². The SMILES string of the molecule is Cc1ccc(-c2ccnc(NC(C)Cc3cccnc3)n2)c(C)n1. The summed E-state index contributed by atoms with van der Waals surface area (Å²) in [7, 11) is 0. The molecule has 24 heavy (non-hydrogen) atoms. The van der Waals surface area contributed by atoms with Crippen LogP contribution in [0, 0.1) is 13.8 Å². The van der Waals surface area contributed by atoms with Gasteiger partial charge in [0, 0.05) is 41.6 Å². The lowest BCUT2D eigenvalue weighted by molar-refractivity contribution is 0.774. The molecule has 0 fully saturated rings. The normalized spacial score (nSPS) is 12.0. The zero-order chi connectivity index (χ0) is 16.9. The maximum atomic E-state index is 4.64. The van der Waals surface area contributed by atoms with Crippen LogP contribution in [0.1, 0.15) is 23.9 Å². The Morgan fingerprint density at radius 2 is 1.92 bits per heavy atom. The molecule has 0 aliphatic rings. The summed E-state index contributed by atoms with van der Waals surface area (Å²) in [6.07, 6.45) is 6.32. The van der Waals surface area contributed by atoms with E-state index in [0.29, 0.717) is 5.95 Å². The predicted molar refractivity (Wildman–Crippen MR) is 95.8 cm³/mol. The summed E-state index contributed by atoms with van der Waals surface area (Å²) in [6.45, 7) is 6.11. The number of hydrogen-bond acceptors (Lipinski definition) is 5. The van der Waals surface area contributed by atoms with Crippen LogP contribution < -0.4 is 5.32 Å². The van der Waals surface area contributed by atoms with E-state index in [2.05, 4.69) is 44.3 Å². The largest absolute Gasteiger partial charge is 0.351 e. The van der Waals surface area contributed by atoms with Crippen LogP contribution in [0.5, 0.6) is 0 Å². The van der Waals surface area contributed by atoms with Crippen molar-refractivity contribution in [2.45, 2.75) is 33.2 Å². The fraction of sp³-hybridized carbons (Fsp3) is 0.263. The highest BCUT2D eigenvalue weighted by atomic mass is 15.1.